The number of benzene rings is 1. The molecule has 1 atom stereocenters. The van der Waals surface area contributed by atoms with E-state index in [1.807, 2.05) is 13.0 Å². The van der Waals surface area contributed by atoms with Gasteiger partial charge in [0.15, 0.2) is 0 Å². The van der Waals surface area contributed by atoms with Crippen molar-refractivity contribution in [1.29, 1.82) is 0 Å². The largest absolute Gasteiger partial charge is 0.345 e. The van der Waals surface area contributed by atoms with Crippen LogP contribution >= 0.6 is 11.3 Å². The number of H-pyrrole nitrogens is 1. The Morgan fingerprint density at radius 2 is 2.22 bits per heavy atom. The molecule has 18 heavy (non-hydrogen) atoms. The Morgan fingerprint density at radius 1 is 1.39 bits per heavy atom. The summed E-state index contributed by atoms with van der Waals surface area (Å²) >= 11 is 1.66. The van der Waals surface area contributed by atoms with Crippen LogP contribution in [0.1, 0.15) is 22.9 Å². The summed E-state index contributed by atoms with van der Waals surface area (Å²) in [5.74, 6) is 0. The molecule has 5 heteroatoms. The highest BCUT2D eigenvalue weighted by atomic mass is 32.1. The van der Waals surface area contributed by atoms with Gasteiger partial charge in [-0.25, -0.2) is 9.97 Å². The van der Waals surface area contributed by atoms with Gasteiger partial charge in [0.1, 0.15) is 5.01 Å². The third kappa shape index (κ3) is 1.81. The van der Waals surface area contributed by atoms with E-state index in [2.05, 4.69) is 34.0 Å². The van der Waals surface area contributed by atoms with Gasteiger partial charge < -0.3 is 10.7 Å². The maximum atomic E-state index is 5.88. The van der Waals surface area contributed by atoms with E-state index < -0.39 is 0 Å². The normalized spacial score (nSPS) is 13.1. The summed E-state index contributed by atoms with van der Waals surface area (Å²) in [5.41, 5.74) is 10.0. The summed E-state index contributed by atoms with van der Waals surface area (Å²) in [6.07, 6.45) is 1.70. The lowest BCUT2D eigenvalue weighted by molar-refractivity contribution is 0.808. The van der Waals surface area contributed by atoms with Crippen molar-refractivity contribution >= 4 is 22.4 Å². The quantitative estimate of drug-likeness (QED) is 0.742. The lowest BCUT2D eigenvalue weighted by atomic mass is 10.1. The fourth-order valence-corrected chi connectivity index (χ4v) is 2.86. The molecule has 92 valence electrons. The van der Waals surface area contributed by atoms with Crippen LogP contribution in [0.4, 0.5) is 0 Å². The third-order valence-electron chi connectivity index (χ3n) is 2.90. The highest BCUT2D eigenvalue weighted by Crippen LogP contribution is 2.30. The van der Waals surface area contributed by atoms with Gasteiger partial charge in [0.25, 0.3) is 0 Å². The minimum Gasteiger partial charge on any atom is -0.345 e. The predicted molar refractivity (Wildman–Crippen MR) is 74.5 cm³/mol. The maximum absolute atomic E-state index is 5.88. The molecule has 0 saturated carbocycles. The third-order valence-corrected chi connectivity index (χ3v) is 4.07. The fraction of sp³-hybridized carbons (Fsp3) is 0.231. The van der Waals surface area contributed by atoms with E-state index in [1.54, 1.807) is 17.7 Å². The van der Waals surface area contributed by atoms with Crippen molar-refractivity contribution in [2.45, 2.75) is 19.9 Å². The molecule has 1 unspecified atom stereocenters. The van der Waals surface area contributed by atoms with Gasteiger partial charge in [0.05, 0.1) is 29.1 Å². The smallest absolute Gasteiger partial charge is 0.110 e. The van der Waals surface area contributed by atoms with E-state index in [0.717, 1.165) is 27.3 Å². The Morgan fingerprint density at radius 3 is 2.94 bits per heavy atom. The van der Waals surface area contributed by atoms with Crippen LogP contribution in [-0.4, -0.2) is 15.0 Å². The van der Waals surface area contributed by atoms with E-state index in [1.165, 1.54) is 4.88 Å². The van der Waals surface area contributed by atoms with Crippen LogP contribution in [0, 0.1) is 6.92 Å². The zero-order valence-electron chi connectivity index (χ0n) is 10.3. The zero-order chi connectivity index (χ0) is 12.7. The Balaban J connectivity index is 2.13. The molecule has 0 amide bonds. The van der Waals surface area contributed by atoms with Gasteiger partial charge in [-0.1, -0.05) is 6.07 Å². The maximum Gasteiger partial charge on any atom is 0.110 e. The highest BCUT2D eigenvalue weighted by molar-refractivity contribution is 7.12. The first-order chi connectivity index (χ1) is 8.65. The Hall–Kier alpha value is -1.72. The summed E-state index contributed by atoms with van der Waals surface area (Å²) in [7, 11) is 0. The van der Waals surface area contributed by atoms with Crippen LogP contribution in [0.3, 0.4) is 0 Å². The average Bonchev–Trinajstić information content (AvgIpc) is 2.93. The van der Waals surface area contributed by atoms with Crippen LogP contribution in [0.25, 0.3) is 22.3 Å². The van der Waals surface area contributed by atoms with Crippen LogP contribution in [0.2, 0.25) is 0 Å². The van der Waals surface area contributed by atoms with Crippen LogP contribution < -0.4 is 5.73 Å². The second-order valence-corrected chi connectivity index (χ2v) is 5.61. The topological polar surface area (TPSA) is 67.6 Å². The lowest BCUT2D eigenvalue weighted by Gasteiger charge is -1.99. The molecule has 2 heterocycles. The Kier molecular flexibility index (Phi) is 2.65. The molecule has 0 radical (unpaired) electrons. The minimum atomic E-state index is -0.0154. The van der Waals surface area contributed by atoms with Crippen molar-refractivity contribution in [1.82, 2.24) is 15.0 Å². The van der Waals surface area contributed by atoms with Crippen molar-refractivity contribution in [2.75, 3.05) is 0 Å². The van der Waals surface area contributed by atoms with Crippen LogP contribution in [0.5, 0.6) is 0 Å². The second-order valence-electron chi connectivity index (χ2n) is 4.38. The molecule has 3 aromatic rings. The zero-order valence-corrected chi connectivity index (χ0v) is 11.1. The molecule has 0 bridgehead atoms. The molecule has 0 saturated heterocycles. The monoisotopic (exact) mass is 258 g/mol. The molecule has 0 fully saturated rings. The van der Waals surface area contributed by atoms with Gasteiger partial charge in [-0.15, -0.1) is 11.3 Å². The SMILES string of the molecule is Cc1sc(C(C)N)nc1-c1ccc2nc[nH]c2c1. The number of nitrogens with one attached hydrogen (secondary N) is 1. The number of imidazole rings is 1. The van der Waals surface area contributed by atoms with Gasteiger partial charge in [-0.2, -0.15) is 0 Å². The molecule has 0 aliphatic rings. The Labute approximate surface area is 109 Å². The molecule has 0 spiro atoms. The van der Waals surface area contributed by atoms with Gasteiger partial charge in [-0.05, 0) is 26.0 Å². The lowest BCUT2D eigenvalue weighted by Crippen LogP contribution is -2.03. The first kappa shape index (κ1) is 11.4. The molecule has 0 aliphatic carbocycles. The number of fused-ring (bicyclic) bond motifs is 1. The summed E-state index contributed by atoms with van der Waals surface area (Å²) in [5, 5.41) is 0.979. The molecular weight excluding hydrogens is 244 g/mol. The molecule has 4 nitrogen and oxygen atoms in total. The van der Waals surface area contributed by atoms with Gasteiger partial charge in [-0.3, -0.25) is 0 Å². The number of hydrogen-bond donors (Lipinski definition) is 2. The Bertz CT molecular complexity index is 696. The summed E-state index contributed by atoms with van der Waals surface area (Å²) in [6, 6.07) is 6.12. The minimum absolute atomic E-state index is 0.0154. The number of rotatable bonds is 2. The predicted octanol–water partition coefficient (Wildman–Crippen LogP) is 3.01. The van der Waals surface area contributed by atoms with Crippen molar-refractivity contribution in [3.05, 3.63) is 34.4 Å². The summed E-state index contributed by atoms with van der Waals surface area (Å²) in [6.45, 7) is 4.04. The van der Waals surface area contributed by atoms with E-state index >= 15 is 0 Å². The number of thiazole rings is 1. The van der Waals surface area contributed by atoms with Crippen molar-refractivity contribution in [2.24, 2.45) is 5.73 Å². The van der Waals surface area contributed by atoms with E-state index in [9.17, 15) is 0 Å². The number of aromatic amines is 1. The number of hydrogen-bond acceptors (Lipinski definition) is 4. The number of nitrogens with two attached hydrogens (primary N) is 1. The number of aromatic nitrogens is 3. The van der Waals surface area contributed by atoms with Crippen LogP contribution in [0.15, 0.2) is 24.5 Å². The second kappa shape index (κ2) is 4.19. The number of aryl methyl sites for hydroxylation is 1. The average molecular weight is 258 g/mol. The van der Waals surface area contributed by atoms with E-state index in [0.29, 0.717) is 0 Å². The molecule has 0 aliphatic heterocycles. The molecule has 1 aromatic carbocycles. The fourth-order valence-electron chi connectivity index (χ4n) is 1.96. The van der Waals surface area contributed by atoms with Crippen molar-refractivity contribution in [3.8, 4) is 11.3 Å². The molecule has 3 N–H and O–H groups in total. The van der Waals surface area contributed by atoms with Gasteiger partial charge in [0.2, 0.25) is 0 Å². The first-order valence-electron chi connectivity index (χ1n) is 5.81. The molecule has 2 aromatic heterocycles. The van der Waals surface area contributed by atoms with Crippen molar-refractivity contribution < 1.29 is 0 Å². The first-order valence-corrected chi connectivity index (χ1v) is 6.63. The van der Waals surface area contributed by atoms with E-state index in [4.69, 9.17) is 5.73 Å². The summed E-state index contributed by atoms with van der Waals surface area (Å²) in [4.78, 5) is 13.2. The van der Waals surface area contributed by atoms with Gasteiger partial charge >= 0.3 is 0 Å². The number of nitrogens with zero attached hydrogens (tertiary/aromatic N) is 2. The molecular formula is C13H14N4S. The molecule has 3 rings (SSSR count). The van der Waals surface area contributed by atoms with Crippen LogP contribution in [-0.2, 0) is 0 Å². The van der Waals surface area contributed by atoms with Crippen molar-refractivity contribution in [3.63, 3.8) is 0 Å². The highest BCUT2D eigenvalue weighted by Gasteiger charge is 2.12. The van der Waals surface area contributed by atoms with E-state index in [-0.39, 0.29) is 6.04 Å². The van der Waals surface area contributed by atoms with Gasteiger partial charge in [0, 0.05) is 10.4 Å². The standard InChI is InChI=1S/C13H14N4S/c1-7(14)13-17-12(8(2)18-13)9-3-4-10-11(5-9)16-6-15-10/h3-7H,14H2,1-2H3,(H,15,16). The summed E-state index contributed by atoms with van der Waals surface area (Å²) < 4.78 is 0.